The highest BCUT2D eigenvalue weighted by atomic mass is 16.2. The van der Waals surface area contributed by atoms with Crippen LogP contribution in [0.3, 0.4) is 0 Å². The SMILES string of the molecule is CC1(C)CC(N(C(=O)C(N)=O)C2CC(C)(C)NC(C)(C)C2)CC(C)(C)N1. The molecule has 0 bridgehead atoms. The minimum absolute atomic E-state index is 0.00375. The van der Waals surface area contributed by atoms with Crippen LogP contribution in [0.5, 0.6) is 0 Å². The number of nitrogens with one attached hydrogen (secondary N) is 2. The fraction of sp³-hybridized carbons (Fsp3) is 0.900. The van der Waals surface area contributed by atoms with Gasteiger partial charge in [0, 0.05) is 34.2 Å². The topological polar surface area (TPSA) is 87.5 Å². The van der Waals surface area contributed by atoms with Crippen molar-refractivity contribution < 1.29 is 9.59 Å². The third kappa shape index (κ3) is 4.97. The molecule has 0 aliphatic carbocycles. The fourth-order valence-corrected chi connectivity index (χ4v) is 5.69. The maximum Gasteiger partial charge on any atom is 0.312 e. The van der Waals surface area contributed by atoms with Crippen molar-refractivity contribution in [1.82, 2.24) is 15.5 Å². The lowest BCUT2D eigenvalue weighted by molar-refractivity contribution is -0.151. The van der Waals surface area contributed by atoms with Crippen LogP contribution in [0, 0.1) is 0 Å². The molecule has 26 heavy (non-hydrogen) atoms. The van der Waals surface area contributed by atoms with Gasteiger partial charge in [0.15, 0.2) is 0 Å². The van der Waals surface area contributed by atoms with Crippen molar-refractivity contribution in [2.24, 2.45) is 5.73 Å². The van der Waals surface area contributed by atoms with Crippen LogP contribution in [-0.2, 0) is 9.59 Å². The second-order valence-corrected chi connectivity index (χ2v) is 11.0. The molecule has 6 heteroatoms. The molecular formula is C20H38N4O2. The molecule has 2 aliphatic rings. The van der Waals surface area contributed by atoms with Crippen LogP contribution < -0.4 is 16.4 Å². The Bertz CT molecular complexity index is 510. The van der Waals surface area contributed by atoms with E-state index in [2.05, 4.69) is 66.0 Å². The van der Waals surface area contributed by atoms with Crippen molar-refractivity contribution in [2.75, 3.05) is 0 Å². The number of piperidine rings is 2. The van der Waals surface area contributed by atoms with Crippen LogP contribution in [-0.4, -0.2) is 51.0 Å². The maximum absolute atomic E-state index is 12.9. The molecule has 150 valence electrons. The first kappa shape index (κ1) is 21.2. The molecule has 2 amide bonds. The van der Waals surface area contributed by atoms with E-state index in [9.17, 15) is 9.59 Å². The van der Waals surface area contributed by atoms with Gasteiger partial charge in [0.1, 0.15) is 0 Å². The zero-order valence-electron chi connectivity index (χ0n) is 17.8. The average Bonchev–Trinajstić information content (AvgIpc) is 2.30. The van der Waals surface area contributed by atoms with Gasteiger partial charge in [0.25, 0.3) is 0 Å². The molecule has 0 aromatic heterocycles. The first-order valence-electron chi connectivity index (χ1n) is 9.73. The predicted octanol–water partition coefficient (Wildman–Crippen LogP) is 1.92. The highest BCUT2D eigenvalue weighted by molar-refractivity contribution is 6.34. The van der Waals surface area contributed by atoms with Crippen molar-refractivity contribution in [3.05, 3.63) is 0 Å². The number of carbonyl (C=O) groups excluding carboxylic acids is 2. The molecule has 0 saturated carbocycles. The van der Waals surface area contributed by atoms with E-state index in [1.54, 1.807) is 0 Å². The second-order valence-electron chi connectivity index (χ2n) is 11.0. The van der Waals surface area contributed by atoms with Gasteiger partial charge in [-0.2, -0.15) is 0 Å². The summed E-state index contributed by atoms with van der Waals surface area (Å²) in [6, 6.07) is -0.00750. The number of carbonyl (C=O) groups is 2. The lowest BCUT2D eigenvalue weighted by atomic mass is 9.75. The molecule has 2 fully saturated rings. The van der Waals surface area contributed by atoms with E-state index in [-0.39, 0.29) is 34.2 Å². The van der Waals surface area contributed by atoms with E-state index >= 15 is 0 Å². The Kier molecular flexibility index (Phi) is 5.28. The van der Waals surface area contributed by atoms with Crippen LogP contribution in [0.4, 0.5) is 0 Å². The predicted molar refractivity (Wildman–Crippen MR) is 105 cm³/mol. The zero-order valence-corrected chi connectivity index (χ0v) is 17.8. The summed E-state index contributed by atoms with van der Waals surface area (Å²) in [6.07, 6.45) is 3.22. The van der Waals surface area contributed by atoms with Gasteiger partial charge >= 0.3 is 11.8 Å². The average molecular weight is 367 g/mol. The van der Waals surface area contributed by atoms with Gasteiger partial charge in [0.2, 0.25) is 0 Å². The highest BCUT2D eigenvalue weighted by Crippen LogP contribution is 2.37. The summed E-state index contributed by atoms with van der Waals surface area (Å²) in [5.41, 5.74) is 5.02. The highest BCUT2D eigenvalue weighted by Gasteiger charge is 2.48. The number of nitrogens with zero attached hydrogens (tertiary/aromatic N) is 1. The third-order valence-electron chi connectivity index (χ3n) is 5.57. The molecule has 2 heterocycles. The van der Waals surface area contributed by atoms with Crippen molar-refractivity contribution in [2.45, 2.75) is 115 Å². The first-order valence-corrected chi connectivity index (χ1v) is 9.73. The molecular weight excluding hydrogens is 328 g/mol. The van der Waals surface area contributed by atoms with Crippen molar-refractivity contribution in [3.8, 4) is 0 Å². The van der Waals surface area contributed by atoms with E-state index in [1.807, 2.05) is 4.90 Å². The fourth-order valence-electron chi connectivity index (χ4n) is 5.69. The Hall–Kier alpha value is -1.14. The van der Waals surface area contributed by atoms with Crippen LogP contribution >= 0.6 is 0 Å². The summed E-state index contributed by atoms with van der Waals surface area (Å²) >= 11 is 0. The van der Waals surface area contributed by atoms with Crippen molar-refractivity contribution in [3.63, 3.8) is 0 Å². The van der Waals surface area contributed by atoms with Gasteiger partial charge in [-0.05, 0) is 81.1 Å². The zero-order chi connectivity index (χ0) is 20.1. The van der Waals surface area contributed by atoms with E-state index in [4.69, 9.17) is 5.73 Å². The van der Waals surface area contributed by atoms with E-state index in [0.29, 0.717) is 0 Å². The summed E-state index contributed by atoms with van der Waals surface area (Å²) in [5, 5.41) is 7.31. The Morgan fingerprint density at radius 1 is 0.731 bits per heavy atom. The summed E-state index contributed by atoms with van der Waals surface area (Å²) in [5.74, 6) is -1.39. The van der Waals surface area contributed by atoms with Gasteiger partial charge in [-0.3, -0.25) is 9.59 Å². The summed E-state index contributed by atoms with van der Waals surface area (Å²) in [6.45, 7) is 17.3. The molecule has 6 nitrogen and oxygen atoms in total. The number of hydrogen-bond donors (Lipinski definition) is 3. The van der Waals surface area contributed by atoms with Gasteiger partial charge < -0.3 is 21.3 Å². The van der Waals surface area contributed by atoms with E-state index in [0.717, 1.165) is 25.7 Å². The molecule has 0 unspecified atom stereocenters. The molecule has 4 N–H and O–H groups in total. The Morgan fingerprint density at radius 3 is 1.23 bits per heavy atom. The van der Waals surface area contributed by atoms with Gasteiger partial charge in [-0.15, -0.1) is 0 Å². The quantitative estimate of drug-likeness (QED) is 0.652. The molecule has 2 rings (SSSR count). The minimum Gasteiger partial charge on any atom is -0.361 e. The molecule has 2 aliphatic heterocycles. The molecule has 0 spiro atoms. The van der Waals surface area contributed by atoms with E-state index < -0.39 is 11.8 Å². The Balaban J connectivity index is 2.41. The normalized spacial score (nSPS) is 27.7. The number of rotatable bonds is 2. The Morgan fingerprint density at radius 2 is 1.00 bits per heavy atom. The lowest BCUT2D eigenvalue weighted by Crippen LogP contribution is -2.68. The van der Waals surface area contributed by atoms with Crippen LogP contribution in [0.25, 0.3) is 0 Å². The van der Waals surface area contributed by atoms with Crippen molar-refractivity contribution in [1.29, 1.82) is 0 Å². The monoisotopic (exact) mass is 366 g/mol. The van der Waals surface area contributed by atoms with Gasteiger partial charge in [-0.25, -0.2) is 0 Å². The molecule has 2 saturated heterocycles. The second kappa shape index (κ2) is 6.48. The number of nitrogens with two attached hydrogens (primary N) is 1. The van der Waals surface area contributed by atoms with Crippen LogP contribution in [0.15, 0.2) is 0 Å². The smallest absolute Gasteiger partial charge is 0.312 e. The molecule has 0 aromatic carbocycles. The molecule has 0 atom stereocenters. The largest absolute Gasteiger partial charge is 0.361 e. The number of primary amides is 1. The maximum atomic E-state index is 12.9. The summed E-state index contributed by atoms with van der Waals surface area (Å²) in [4.78, 5) is 26.6. The van der Waals surface area contributed by atoms with Crippen LogP contribution in [0.2, 0.25) is 0 Å². The number of amides is 2. The molecule has 0 radical (unpaired) electrons. The first-order chi connectivity index (χ1) is 11.5. The van der Waals surface area contributed by atoms with E-state index in [1.165, 1.54) is 0 Å². The molecule has 0 aromatic rings. The minimum atomic E-state index is -0.853. The Labute approximate surface area is 158 Å². The summed E-state index contributed by atoms with van der Waals surface area (Å²) < 4.78 is 0. The third-order valence-corrected chi connectivity index (χ3v) is 5.57. The van der Waals surface area contributed by atoms with Gasteiger partial charge in [-0.1, -0.05) is 0 Å². The van der Waals surface area contributed by atoms with Crippen LogP contribution in [0.1, 0.15) is 81.1 Å². The van der Waals surface area contributed by atoms with Gasteiger partial charge in [0.05, 0.1) is 0 Å². The standard InChI is InChI=1S/C20H38N4O2/c1-17(2)9-13(10-18(3,4)22-17)24(16(26)15(21)25)14-11-19(5,6)23-20(7,8)12-14/h13-14,22-23H,9-12H2,1-8H3,(H2,21,25). The summed E-state index contributed by atoms with van der Waals surface area (Å²) in [7, 11) is 0. The number of hydrogen-bond acceptors (Lipinski definition) is 4. The lowest BCUT2D eigenvalue weighted by Gasteiger charge is -2.55. The van der Waals surface area contributed by atoms with Crippen molar-refractivity contribution >= 4 is 11.8 Å².